The monoisotopic (exact) mass is 485 g/mol. The lowest BCUT2D eigenvalue weighted by Gasteiger charge is -2.21. The minimum atomic E-state index is -3.98. The number of halogens is 1. The molecule has 2 aromatic carbocycles. The molecule has 11 heteroatoms. The van der Waals surface area contributed by atoms with Gasteiger partial charge in [-0.25, -0.2) is 18.1 Å². The van der Waals surface area contributed by atoms with E-state index in [-0.39, 0.29) is 11.4 Å². The van der Waals surface area contributed by atoms with Crippen LogP contribution in [0.2, 0.25) is 5.02 Å². The highest BCUT2D eigenvalue weighted by Crippen LogP contribution is 2.25. The average molecular weight is 486 g/mol. The summed E-state index contributed by atoms with van der Waals surface area (Å²) >= 11 is 6.11. The highest BCUT2D eigenvalue weighted by atomic mass is 35.5. The lowest BCUT2D eigenvalue weighted by Crippen LogP contribution is -2.37. The quantitative estimate of drug-likeness (QED) is 0.408. The number of nitrogens with one attached hydrogen (secondary N) is 1. The minimum Gasteiger partial charge on any atom is -0.468 e. The summed E-state index contributed by atoms with van der Waals surface area (Å²) < 4.78 is 34.5. The zero-order valence-electron chi connectivity index (χ0n) is 17.6. The lowest BCUT2D eigenvalue weighted by molar-refractivity contribution is -0.116. The van der Waals surface area contributed by atoms with Crippen LogP contribution in [0.15, 0.2) is 82.8 Å². The van der Waals surface area contributed by atoms with E-state index in [1.54, 1.807) is 42.5 Å². The molecule has 2 heterocycles. The molecule has 9 nitrogen and oxygen atoms in total. The number of rotatable bonds is 8. The topological polar surface area (TPSA) is 110 Å². The SMILES string of the molecule is Cc1ccc(S(=O)(=O)N(CC(=O)Nc2cc(Cl)ccc2-n2cncn2)Cc2ccco2)cc1. The van der Waals surface area contributed by atoms with E-state index < -0.39 is 22.5 Å². The number of hydrogen-bond acceptors (Lipinski definition) is 6. The molecule has 0 aliphatic heterocycles. The van der Waals surface area contributed by atoms with Crippen molar-refractivity contribution in [2.24, 2.45) is 0 Å². The molecule has 0 atom stereocenters. The molecule has 0 spiro atoms. The van der Waals surface area contributed by atoms with Crippen molar-refractivity contribution in [3.63, 3.8) is 0 Å². The number of aryl methyl sites for hydroxylation is 1. The van der Waals surface area contributed by atoms with Crippen molar-refractivity contribution in [1.82, 2.24) is 19.1 Å². The van der Waals surface area contributed by atoms with Crippen LogP contribution in [-0.4, -0.2) is 39.9 Å². The molecular weight excluding hydrogens is 466 g/mol. The molecule has 33 heavy (non-hydrogen) atoms. The van der Waals surface area contributed by atoms with Gasteiger partial charge < -0.3 is 9.73 Å². The number of aromatic nitrogens is 3. The molecular formula is C22H20ClN5O4S. The van der Waals surface area contributed by atoms with Gasteiger partial charge in [-0.1, -0.05) is 29.3 Å². The zero-order valence-corrected chi connectivity index (χ0v) is 19.1. The smallest absolute Gasteiger partial charge is 0.243 e. The maximum Gasteiger partial charge on any atom is 0.243 e. The molecule has 170 valence electrons. The summed E-state index contributed by atoms with van der Waals surface area (Å²) in [6.45, 7) is 1.31. The van der Waals surface area contributed by atoms with Gasteiger partial charge in [0.1, 0.15) is 18.4 Å². The van der Waals surface area contributed by atoms with E-state index in [2.05, 4.69) is 15.4 Å². The highest BCUT2D eigenvalue weighted by Gasteiger charge is 2.28. The van der Waals surface area contributed by atoms with Crippen LogP contribution in [0.25, 0.3) is 5.69 Å². The van der Waals surface area contributed by atoms with Crippen molar-refractivity contribution >= 4 is 33.2 Å². The van der Waals surface area contributed by atoms with Gasteiger partial charge in [-0.3, -0.25) is 4.79 Å². The fourth-order valence-electron chi connectivity index (χ4n) is 3.15. The van der Waals surface area contributed by atoms with E-state index in [9.17, 15) is 13.2 Å². The highest BCUT2D eigenvalue weighted by molar-refractivity contribution is 7.89. The van der Waals surface area contributed by atoms with E-state index in [4.69, 9.17) is 16.0 Å². The molecule has 0 radical (unpaired) electrons. The normalized spacial score (nSPS) is 11.6. The van der Waals surface area contributed by atoms with Crippen LogP contribution < -0.4 is 5.32 Å². The largest absolute Gasteiger partial charge is 0.468 e. The summed E-state index contributed by atoms with van der Waals surface area (Å²) in [5, 5.41) is 7.20. The third kappa shape index (κ3) is 5.30. The first-order valence-corrected chi connectivity index (χ1v) is 11.7. The van der Waals surface area contributed by atoms with E-state index >= 15 is 0 Å². The van der Waals surface area contributed by atoms with E-state index in [1.807, 2.05) is 6.92 Å². The van der Waals surface area contributed by atoms with Gasteiger partial charge in [-0.15, -0.1) is 0 Å². The van der Waals surface area contributed by atoms with Crippen LogP contribution >= 0.6 is 11.6 Å². The summed E-state index contributed by atoms with van der Waals surface area (Å²) in [5.41, 5.74) is 1.82. The maximum atomic E-state index is 13.3. The summed E-state index contributed by atoms with van der Waals surface area (Å²) in [6.07, 6.45) is 4.28. The average Bonchev–Trinajstić information content (AvgIpc) is 3.48. The van der Waals surface area contributed by atoms with Gasteiger partial charge in [0.05, 0.1) is 35.6 Å². The third-order valence-corrected chi connectivity index (χ3v) is 6.83. The lowest BCUT2D eigenvalue weighted by atomic mass is 10.2. The number of sulfonamides is 1. The molecule has 0 fully saturated rings. The number of amides is 1. The van der Waals surface area contributed by atoms with Gasteiger partial charge in [-0.05, 0) is 49.4 Å². The van der Waals surface area contributed by atoms with Crippen LogP contribution in [0.4, 0.5) is 5.69 Å². The first-order valence-electron chi connectivity index (χ1n) is 9.86. The van der Waals surface area contributed by atoms with Crippen molar-refractivity contribution in [2.75, 3.05) is 11.9 Å². The fraction of sp³-hybridized carbons (Fsp3) is 0.136. The Morgan fingerprint density at radius 2 is 1.97 bits per heavy atom. The number of hydrogen-bond donors (Lipinski definition) is 1. The molecule has 0 aliphatic rings. The van der Waals surface area contributed by atoms with Crippen LogP contribution in [0, 0.1) is 6.92 Å². The number of carbonyl (C=O) groups is 1. The first kappa shape index (κ1) is 22.7. The van der Waals surface area contributed by atoms with Crippen LogP contribution in [0.1, 0.15) is 11.3 Å². The fourth-order valence-corrected chi connectivity index (χ4v) is 4.69. The van der Waals surface area contributed by atoms with Crippen molar-refractivity contribution in [1.29, 1.82) is 0 Å². The predicted molar refractivity (Wildman–Crippen MR) is 122 cm³/mol. The molecule has 0 saturated heterocycles. The molecule has 4 rings (SSSR count). The number of benzene rings is 2. The second-order valence-corrected chi connectivity index (χ2v) is 9.59. The Kier molecular flexibility index (Phi) is 6.59. The van der Waals surface area contributed by atoms with Gasteiger partial charge in [-0.2, -0.15) is 9.40 Å². The Morgan fingerprint density at radius 1 is 1.18 bits per heavy atom. The molecule has 1 N–H and O–H groups in total. The summed E-state index contributed by atoms with van der Waals surface area (Å²) in [4.78, 5) is 17.0. The van der Waals surface area contributed by atoms with Crippen LogP contribution in [0.5, 0.6) is 0 Å². The first-order chi connectivity index (χ1) is 15.8. The molecule has 2 aromatic heterocycles. The standard InChI is InChI=1S/C22H20ClN5O4S/c1-16-4-7-19(8-5-16)33(30,31)27(12-18-3-2-10-32-18)13-22(29)26-20-11-17(23)6-9-21(20)28-15-24-14-25-28/h2-11,14-15H,12-13H2,1H3,(H,26,29). The molecule has 0 aliphatic carbocycles. The molecule has 0 unspecified atom stereocenters. The number of carbonyl (C=O) groups excluding carboxylic acids is 1. The molecule has 4 aromatic rings. The van der Waals surface area contributed by atoms with E-state index in [0.29, 0.717) is 22.2 Å². The predicted octanol–water partition coefficient (Wildman–Crippen LogP) is 3.65. The van der Waals surface area contributed by atoms with Gasteiger partial charge in [0.25, 0.3) is 0 Å². The van der Waals surface area contributed by atoms with E-state index in [0.717, 1.165) is 9.87 Å². The third-order valence-electron chi connectivity index (χ3n) is 4.79. The summed E-state index contributed by atoms with van der Waals surface area (Å²) in [6, 6.07) is 14.6. The second kappa shape index (κ2) is 9.57. The van der Waals surface area contributed by atoms with Crippen LogP contribution in [-0.2, 0) is 21.4 Å². The Labute approximate surface area is 195 Å². The van der Waals surface area contributed by atoms with E-state index in [1.165, 1.54) is 35.7 Å². The maximum absolute atomic E-state index is 13.3. The number of furan rings is 1. The summed E-state index contributed by atoms with van der Waals surface area (Å²) in [7, 11) is -3.98. The van der Waals surface area contributed by atoms with Gasteiger partial charge in [0.15, 0.2) is 0 Å². The van der Waals surface area contributed by atoms with Crippen molar-refractivity contribution in [3.8, 4) is 5.69 Å². The van der Waals surface area contributed by atoms with Crippen LogP contribution in [0.3, 0.4) is 0 Å². The molecule has 0 bridgehead atoms. The zero-order chi connectivity index (χ0) is 23.4. The summed E-state index contributed by atoms with van der Waals surface area (Å²) in [5.74, 6) is -0.148. The minimum absolute atomic E-state index is 0.0820. The Bertz CT molecular complexity index is 1340. The van der Waals surface area contributed by atoms with Gasteiger partial charge >= 0.3 is 0 Å². The number of anilines is 1. The van der Waals surface area contributed by atoms with Crippen molar-refractivity contribution in [2.45, 2.75) is 18.4 Å². The van der Waals surface area contributed by atoms with Crippen molar-refractivity contribution in [3.05, 3.63) is 89.9 Å². The Hall–Kier alpha value is -3.47. The second-order valence-electron chi connectivity index (χ2n) is 7.22. The Balaban J connectivity index is 1.61. The van der Waals surface area contributed by atoms with Gasteiger partial charge in [0.2, 0.25) is 15.9 Å². The number of nitrogens with zero attached hydrogens (tertiary/aromatic N) is 4. The molecule has 0 saturated carbocycles. The van der Waals surface area contributed by atoms with Gasteiger partial charge in [0, 0.05) is 5.02 Å². The Morgan fingerprint density at radius 3 is 2.64 bits per heavy atom. The molecule has 1 amide bonds. The van der Waals surface area contributed by atoms with Crippen molar-refractivity contribution < 1.29 is 17.6 Å².